The molecule has 0 amide bonds. The Labute approximate surface area is 136 Å². The number of hydrogen-bond acceptors (Lipinski definition) is 1. The first-order valence-electron chi connectivity index (χ1n) is 9.05. The summed E-state index contributed by atoms with van der Waals surface area (Å²) in [5, 5.41) is 6.06. The Morgan fingerprint density at radius 2 is 1.36 bits per heavy atom. The molecule has 0 heterocycles. The van der Waals surface area contributed by atoms with E-state index in [1.165, 1.54) is 79.8 Å². The van der Waals surface area contributed by atoms with Gasteiger partial charge in [0, 0.05) is 18.1 Å². The van der Waals surface area contributed by atoms with Gasteiger partial charge in [-0.1, -0.05) is 82.2 Å². The minimum Gasteiger partial charge on any atom is -0.388 e. The average Bonchev–Trinajstić information content (AvgIpc) is 2.57. The standard InChI is InChI=1S/C21H31N/c1-3-4-5-6-7-8-9-10-13-18-16-17-21(22-2)20-15-12-11-14-19(18)20/h11-12,14-17,22H,3-10,13H2,1-2H3. The van der Waals surface area contributed by atoms with Crippen molar-refractivity contribution in [1.82, 2.24) is 0 Å². The van der Waals surface area contributed by atoms with Crippen molar-refractivity contribution in [1.29, 1.82) is 0 Å². The second-order valence-corrected chi connectivity index (χ2v) is 6.29. The maximum atomic E-state index is 3.30. The third-order valence-corrected chi connectivity index (χ3v) is 4.58. The van der Waals surface area contributed by atoms with Crippen molar-refractivity contribution in [3.05, 3.63) is 42.0 Å². The number of rotatable bonds is 10. The maximum absolute atomic E-state index is 3.30. The van der Waals surface area contributed by atoms with Crippen LogP contribution in [0.1, 0.15) is 63.9 Å². The van der Waals surface area contributed by atoms with Crippen LogP contribution in [0.4, 0.5) is 5.69 Å². The van der Waals surface area contributed by atoms with Crippen LogP contribution >= 0.6 is 0 Å². The van der Waals surface area contributed by atoms with Crippen molar-refractivity contribution in [3.8, 4) is 0 Å². The van der Waals surface area contributed by atoms with Crippen molar-refractivity contribution < 1.29 is 0 Å². The van der Waals surface area contributed by atoms with Gasteiger partial charge in [-0.2, -0.15) is 0 Å². The van der Waals surface area contributed by atoms with Crippen LogP contribution in [0.5, 0.6) is 0 Å². The van der Waals surface area contributed by atoms with Gasteiger partial charge in [-0.15, -0.1) is 0 Å². The largest absolute Gasteiger partial charge is 0.388 e. The van der Waals surface area contributed by atoms with Gasteiger partial charge in [-0.05, 0) is 29.9 Å². The summed E-state index contributed by atoms with van der Waals surface area (Å²) >= 11 is 0. The van der Waals surface area contributed by atoms with Crippen LogP contribution in [-0.2, 0) is 6.42 Å². The second-order valence-electron chi connectivity index (χ2n) is 6.29. The predicted octanol–water partition coefficient (Wildman–Crippen LogP) is 6.56. The number of anilines is 1. The molecular formula is C21H31N. The Kier molecular flexibility index (Phi) is 7.28. The smallest absolute Gasteiger partial charge is 0.0417 e. The van der Waals surface area contributed by atoms with E-state index >= 15 is 0 Å². The molecule has 2 aromatic rings. The van der Waals surface area contributed by atoms with Crippen molar-refractivity contribution >= 4 is 16.5 Å². The minimum absolute atomic E-state index is 1.21. The van der Waals surface area contributed by atoms with Gasteiger partial charge < -0.3 is 5.32 Å². The molecule has 0 saturated heterocycles. The summed E-state index contributed by atoms with van der Waals surface area (Å²) in [6, 6.07) is 13.3. The molecule has 0 atom stereocenters. The number of unbranched alkanes of at least 4 members (excludes halogenated alkanes) is 7. The fourth-order valence-electron chi connectivity index (χ4n) is 3.25. The molecule has 0 aliphatic carbocycles. The zero-order chi connectivity index (χ0) is 15.6. The first-order chi connectivity index (χ1) is 10.9. The van der Waals surface area contributed by atoms with E-state index in [1.54, 1.807) is 0 Å². The molecule has 0 saturated carbocycles. The fraction of sp³-hybridized carbons (Fsp3) is 0.524. The highest BCUT2D eigenvalue weighted by atomic mass is 14.8. The van der Waals surface area contributed by atoms with E-state index in [4.69, 9.17) is 0 Å². The predicted molar refractivity (Wildman–Crippen MR) is 99.8 cm³/mol. The van der Waals surface area contributed by atoms with Crippen LogP contribution in [0.3, 0.4) is 0 Å². The van der Waals surface area contributed by atoms with Gasteiger partial charge in [0.1, 0.15) is 0 Å². The molecule has 120 valence electrons. The van der Waals surface area contributed by atoms with Crippen LogP contribution in [0, 0.1) is 0 Å². The molecule has 0 spiro atoms. The summed E-state index contributed by atoms with van der Waals surface area (Å²) < 4.78 is 0. The molecule has 0 radical (unpaired) electrons. The lowest BCUT2D eigenvalue weighted by Crippen LogP contribution is -1.93. The summed E-state index contributed by atoms with van der Waals surface area (Å²) in [6.07, 6.45) is 12.3. The highest BCUT2D eigenvalue weighted by molar-refractivity contribution is 5.96. The van der Waals surface area contributed by atoms with E-state index in [2.05, 4.69) is 48.6 Å². The second kappa shape index (κ2) is 9.50. The molecule has 0 aromatic heterocycles. The third kappa shape index (κ3) is 4.76. The summed E-state index contributed by atoms with van der Waals surface area (Å²) in [5.74, 6) is 0. The molecule has 0 bridgehead atoms. The Bertz CT molecular complexity index is 559. The summed E-state index contributed by atoms with van der Waals surface area (Å²) in [6.45, 7) is 2.28. The van der Waals surface area contributed by atoms with Crippen LogP contribution in [0.25, 0.3) is 10.8 Å². The highest BCUT2D eigenvalue weighted by Crippen LogP contribution is 2.27. The summed E-state index contributed by atoms with van der Waals surface area (Å²) in [7, 11) is 2.00. The van der Waals surface area contributed by atoms with E-state index in [-0.39, 0.29) is 0 Å². The molecule has 0 fully saturated rings. The maximum Gasteiger partial charge on any atom is 0.0417 e. The first-order valence-corrected chi connectivity index (χ1v) is 9.05. The molecule has 0 aliphatic rings. The van der Waals surface area contributed by atoms with E-state index in [9.17, 15) is 0 Å². The molecule has 22 heavy (non-hydrogen) atoms. The van der Waals surface area contributed by atoms with E-state index in [1.807, 2.05) is 7.05 Å². The zero-order valence-electron chi connectivity index (χ0n) is 14.3. The molecule has 1 nitrogen and oxygen atoms in total. The van der Waals surface area contributed by atoms with Crippen molar-refractivity contribution in [2.75, 3.05) is 12.4 Å². The highest BCUT2D eigenvalue weighted by Gasteiger charge is 2.04. The SMILES string of the molecule is CCCCCCCCCCc1ccc(NC)c2ccccc12. The lowest BCUT2D eigenvalue weighted by Gasteiger charge is -2.11. The van der Waals surface area contributed by atoms with E-state index in [0.717, 1.165) is 0 Å². The van der Waals surface area contributed by atoms with Gasteiger partial charge in [0.2, 0.25) is 0 Å². The van der Waals surface area contributed by atoms with Crippen molar-refractivity contribution in [2.45, 2.75) is 64.7 Å². The van der Waals surface area contributed by atoms with Gasteiger partial charge in [0.25, 0.3) is 0 Å². The summed E-state index contributed by atoms with van der Waals surface area (Å²) in [5.41, 5.74) is 2.73. The average molecular weight is 297 g/mol. The topological polar surface area (TPSA) is 12.0 Å². The number of aryl methyl sites for hydroxylation is 1. The molecule has 2 aromatic carbocycles. The van der Waals surface area contributed by atoms with Crippen molar-refractivity contribution in [2.24, 2.45) is 0 Å². The van der Waals surface area contributed by atoms with Gasteiger partial charge >= 0.3 is 0 Å². The van der Waals surface area contributed by atoms with Crippen LogP contribution in [0.15, 0.2) is 36.4 Å². The Hall–Kier alpha value is -1.50. The normalized spacial score (nSPS) is 11.0. The Morgan fingerprint density at radius 3 is 2.05 bits per heavy atom. The molecule has 2 rings (SSSR count). The monoisotopic (exact) mass is 297 g/mol. The molecule has 1 heteroatoms. The first kappa shape index (κ1) is 16.9. The Morgan fingerprint density at radius 1 is 0.727 bits per heavy atom. The van der Waals surface area contributed by atoms with Gasteiger partial charge in [0.15, 0.2) is 0 Å². The summed E-state index contributed by atoms with van der Waals surface area (Å²) in [4.78, 5) is 0. The number of benzene rings is 2. The number of fused-ring (bicyclic) bond motifs is 1. The lowest BCUT2D eigenvalue weighted by atomic mass is 9.98. The Balaban J connectivity index is 1.82. The fourth-order valence-corrected chi connectivity index (χ4v) is 3.25. The molecule has 0 unspecified atom stereocenters. The number of nitrogens with one attached hydrogen (secondary N) is 1. The third-order valence-electron chi connectivity index (χ3n) is 4.58. The minimum atomic E-state index is 1.21. The van der Waals surface area contributed by atoms with Gasteiger partial charge in [0.05, 0.1) is 0 Å². The van der Waals surface area contributed by atoms with E-state index in [0.29, 0.717) is 0 Å². The number of hydrogen-bond donors (Lipinski definition) is 1. The van der Waals surface area contributed by atoms with Crippen LogP contribution in [0.2, 0.25) is 0 Å². The van der Waals surface area contributed by atoms with Gasteiger partial charge in [-0.25, -0.2) is 0 Å². The zero-order valence-corrected chi connectivity index (χ0v) is 14.3. The van der Waals surface area contributed by atoms with Crippen LogP contribution < -0.4 is 5.32 Å². The molecular weight excluding hydrogens is 266 g/mol. The van der Waals surface area contributed by atoms with Crippen LogP contribution in [-0.4, -0.2) is 7.05 Å². The van der Waals surface area contributed by atoms with Gasteiger partial charge in [-0.3, -0.25) is 0 Å². The lowest BCUT2D eigenvalue weighted by molar-refractivity contribution is 0.576. The molecule has 0 aliphatic heterocycles. The van der Waals surface area contributed by atoms with Crippen molar-refractivity contribution in [3.63, 3.8) is 0 Å². The molecule has 1 N–H and O–H groups in total. The van der Waals surface area contributed by atoms with E-state index < -0.39 is 0 Å². The quantitative estimate of drug-likeness (QED) is 0.489.